The van der Waals surface area contributed by atoms with E-state index in [0.29, 0.717) is 0 Å². The highest BCUT2D eigenvalue weighted by Crippen LogP contribution is 2.46. The Morgan fingerprint density at radius 3 is 2.33 bits per heavy atom. The van der Waals surface area contributed by atoms with Gasteiger partial charge in [-0.2, -0.15) is 0 Å². The summed E-state index contributed by atoms with van der Waals surface area (Å²) in [4.78, 5) is 5.07. The predicted octanol–water partition coefficient (Wildman–Crippen LogP) is 10.1. The Kier molecular flexibility index (Phi) is 4.51. The average molecular weight is 503 g/mol. The second kappa shape index (κ2) is 7.80. The van der Waals surface area contributed by atoms with Crippen molar-refractivity contribution in [1.29, 1.82) is 0 Å². The van der Waals surface area contributed by atoms with Crippen molar-refractivity contribution in [1.82, 2.24) is 9.38 Å². The molecule has 0 saturated carbocycles. The summed E-state index contributed by atoms with van der Waals surface area (Å²) >= 11 is 0. The smallest absolute Gasteiger partial charge is 0.0823 e. The zero-order valence-electron chi connectivity index (χ0n) is 22.8. The maximum Gasteiger partial charge on any atom is 0.0823 e. The number of aryl methyl sites for hydroxylation is 1. The Morgan fingerprint density at radius 1 is 0.692 bits per heavy atom. The molecule has 3 aromatic heterocycles. The van der Waals surface area contributed by atoms with Gasteiger partial charge in [0.25, 0.3) is 0 Å². The van der Waals surface area contributed by atoms with Crippen LogP contribution in [0.25, 0.3) is 70.9 Å². The van der Waals surface area contributed by atoms with E-state index in [-0.39, 0.29) is 5.41 Å². The Balaban J connectivity index is 1.71. The second-order valence-corrected chi connectivity index (χ2v) is 12.3. The molecule has 39 heavy (non-hydrogen) atoms. The lowest BCUT2D eigenvalue weighted by atomic mass is 9.84. The summed E-state index contributed by atoms with van der Waals surface area (Å²) in [6.45, 7) is 9.22. The van der Waals surface area contributed by atoms with Crippen LogP contribution in [0.5, 0.6) is 0 Å². The number of hydrogen-bond donors (Lipinski definition) is 0. The fourth-order valence-corrected chi connectivity index (χ4v) is 6.85. The number of hydrogen-bond acceptors (Lipinski definition) is 1. The zero-order chi connectivity index (χ0) is 26.5. The van der Waals surface area contributed by atoms with Gasteiger partial charge in [-0.1, -0.05) is 99.1 Å². The van der Waals surface area contributed by atoms with Gasteiger partial charge in [-0.05, 0) is 69.8 Å². The second-order valence-electron chi connectivity index (χ2n) is 12.3. The van der Waals surface area contributed by atoms with Gasteiger partial charge in [-0.3, -0.25) is 4.98 Å². The maximum absolute atomic E-state index is 5.07. The van der Waals surface area contributed by atoms with E-state index >= 15 is 0 Å². The van der Waals surface area contributed by atoms with Crippen molar-refractivity contribution in [3.8, 4) is 11.1 Å². The first-order chi connectivity index (χ1) is 18.9. The third-order valence-corrected chi connectivity index (χ3v) is 8.32. The van der Waals surface area contributed by atoms with Crippen LogP contribution >= 0.6 is 0 Å². The molecule has 0 spiro atoms. The van der Waals surface area contributed by atoms with Gasteiger partial charge < -0.3 is 4.40 Å². The normalized spacial score (nSPS) is 12.7. The van der Waals surface area contributed by atoms with E-state index in [4.69, 9.17) is 4.98 Å². The van der Waals surface area contributed by atoms with E-state index in [9.17, 15) is 0 Å². The van der Waals surface area contributed by atoms with E-state index in [1.807, 2.05) is 6.20 Å². The largest absolute Gasteiger partial charge is 0.308 e. The van der Waals surface area contributed by atoms with Crippen LogP contribution in [-0.2, 0) is 6.42 Å². The summed E-state index contributed by atoms with van der Waals surface area (Å²) in [5, 5.41) is 8.98. The fraction of sp³-hybridized carbons (Fsp3) is 0.162. The third-order valence-electron chi connectivity index (χ3n) is 8.32. The molecule has 0 fully saturated rings. The van der Waals surface area contributed by atoms with Crippen LogP contribution in [0.15, 0.2) is 97.2 Å². The molecule has 0 radical (unpaired) electrons. The highest BCUT2D eigenvalue weighted by atomic mass is 14.9. The Labute approximate surface area is 227 Å². The summed E-state index contributed by atoms with van der Waals surface area (Å²) in [6, 6.07) is 33.7. The van der Waals surface area contributed by atoms with Crippen LogP contribution in [0.2, 0.25) is 0 Å². The molecule has 0 aliphatic heterocycles. The number of aromatic nitrogens is 2. The first-order valence-electron chi connectivity index (χ1n) is 13.9. The minimum atomic E-state index is 0.126. The van der Waals surface area contributed by atoms with Crippen molar-refractivity contribution in [2.45, 2.75) is 34.1 Å². The van der Waals surface area contributed by atoms with Crippen LogP contribution < -0.4 is 0 Å². The summed E-state index contributed by atoms with van der Waals surface area (Å²) in [5.41, 5.74) is 10.3. The van der Waals surface area contributed by atoms with E-state index in [1.165, 1.54) is 76.5 Å². The molecule has 2 heteroatoms. The van der Waals surface area contributed by atoms with Crippen molar-refractivity contribution in [2.75, 3.05) is 0 Å². The highest BCUT2D eigenvalue weighted by molar-refractivity contribution is 6.30. The molecule has 0 bridgehead atoms. The maximum atomic E-state index is 5.07. The van der Waals surface area contributed by atoms with E-state index < -0.39 is 0 Å². The van der Waals surface area contributed by atoms with Crippen LogP contribution in [-0.4, -0.2) is 9.38 Å². The average Bonchev–Trinajstić information content (AvgIpc) is 3.27. The van der Waals surface area contributed by atoms with E-state index in [0.717, 1.165) is 11.9 Å². The Morgan fingerprint density at radius 2 is 1.51 bits per heavy atom. The van der Waals surface area contributed by atoms with Crippen molar-refractivity contribution < 1.29 is 0 Å². The van der Waals surface area contributed by atoms with Crippen LogP contribution in [0, 0.1) is 12.3 Å². The van der Waals surface area contributed by atoms with Crippen LogP contribution in [0.1, 0.15) is 31.9 Å². The van der Waals surface area contributed by atoms with E-state index in [2.05, 4.69) is 123 Å². The van der Waals surface area contributed by atoms with Crippen LogP contribution in [0.3, 0.4) is 0 Å². The molecule has 2 nitrogen and oxygen atoms in total. The number of fused-ring (bicyclic) bond motifs is 7. The Hall–Kier alpha value is -4.43. The SMILES string of the molecule is Cc1ccc2c(CC(C)(C)C)c3c(cc2c1)c1nccc2ccc4c5c(-c6ccccc6)cccc5n3c4c21. The quantitative estimate of drug-likeness (QED) is 0.170. The number of benzene rings is 5. The predicted molar refractivity (Wildman–Crippen MR) is 167 cm³/mol. The van der Waals surface area contributed by atoms with Crippen LogP contribution in [0.4, 0.5) is 0 Å². The van der Waals surface area contributed by atoms with Gasteiger partial charge in [0.1, 0.15) is 0 Å². The molecule has 0 atom stereocenters. The molecule has 8 rings (SSSR count). The molecule has 0 saturated heterocycles. The zero-order valence-corrected chi connectivity index (χ0v) is 22.8. The molecular formula is C37H30N2. The summed E-state index contributed by atoms with van der Waals surface area (Å²) in [5.74, 6) is 0. The molecule has 0 N–H and O–H groups in total. The van der Waals surface area contributed by atoms with Crippen molar-refractivity contribution in [3.63, 3.8) is 0 Å². The molecule has 188 valence electrons. The number of pyridine rings is 2. The van der Waals surface area contributed by atoms with E-state index in [1.54, 1.807) is 0 Å². The van der Waals surface area contributed by atoms with Crippen molar-refractivity contribution >= 4 is 59.8 Å². The first kappa shape index (κ1) is 22.5. The topological polar surface area (TPSA) is 17.3 Å². The van der Waals surface area contributed by atoms with Gasteiger partial charge in [0.2, 0.25) is 0 Å². The number of rotatable bonds is 2. The fourth-order valence-electron chi connectivity index (χ4n) is 6.85. The molecule has 0 amide bonds. The molecule has 5 aromatic carbocycles. The highest BCUT2D eigenvalue weighted by Gasteiger charge is 2.25. The monoisotopic (exact) mass is 502 g/mol. The minimum Gasteiger partial charge on any atom is -0.308 e. The lowest BCUT2D eigenvalue weighted by molar-refractivity contribution is 0.413. The minimum absolute atomic E-state index is 0.126. The van der Waals surface area contributed by atoms with Gasteiger partial charge in [0.15, 0.2) is 0 Å². The number of nitrogens with zero attached hydrogens (tertiary/aromatic N) is 2. The van der Waals surface area contributed by atoms with Gasteiger partial charge in [-0.25, -0.2) is 0 Å². The van der Waals surface area contributed by atoms with Gasteiger partial charge in [0, 0.05) is 27.7 Å². The molecule has 0 unspecified atom stereocenters. The molecule has 0 aliphatic carbocycles. The van der Waals surface area contributed by atoms with Crippen molar-refractivity contribution in [2.24, 2.45) is 5.41 Å². The lowest BCUT2D eigenvalue weighted by Gasteiger charge is -2.23. The summed E-state index contributed by atoms with van der Waals surface area (Å²) in [6.07, 6.45) is 2.96. The lowest BCUT2D eigenvalue weighted by Crippen LogP contribution is -2.11. The Bertz CT molecular complexity index is 2230. The first-order valence-corrected chi connectivity index (χ1v) is 13.9. The molecular weight excluding hydrogens is 472 g/mol. The standard InChI is InChI=1S/C37H30N2/c1-22-13-15-26-25(19-22)20-29-34-32-24(17-18-38-34)14-16-28-33-27(23-9-6-5-7-10-23)11-8-12-31(33)39(36(28)32)35(29)30(26)21-37(2,3)4/h5-20H,21H2,1-4H3. The van der Waals surface area contributed by atoms with Gasteiger partial charge in [0.05, 0.1) is 22.1 Å². The molecule has 3 heterocycles. The third kappa shape index (κ3) is 3.18. The van der Waals surface area contributed by atoms with Crippen molar-refractivity contribution in [3.05, 3.63) is 108 Å². The van der Waals surface area contributed by atoms with Gasteiger partial charge in [-0.15, -0.1) is 0 Å². The van der Waals surface area contributed by atoms with Gasteiger partial charge >= 0.3 is 0 Å². The summed E-state index contributed by atoms with van der Waals surface area (Å²) in [7, 11) is 0. The summed E-state index contributed by atoms with van der Waals surface area (Å²) < 4.78 is 2.57. The molecule has 8 aromatic rings. The molecule has 0 aliphatic rings.